The van der Waals surface area contributed by atoms with Gasteiger partial charge >= 0.3 is 5.97 Å². The Morgan fingerprint density at radius 1 is 1.32 bits per heavy atom. The van der Waals surface area contributed by atoms with E-state index >= 15 is 0 Å². The lowest BCUT2D eigenvalue weighted by Gasteiger charge is -2.15. The molecule has 6 nitrogen and oxygen atoms in total. The van der Waals surface area contributed by atoms with Crippen LogP contribution >= 0.6 is 11.8 Å². The summed E-state index contributed by atoms with van der Waals surface area (Å²) >= 11 is 1.68. The lowest BCUT2D eigenvalue weighted by molar-refractivity contribution is -0.140. The Bertz CT molecular complexity index is 886. The highest BCUT2D eigenvalue weighted by molar-refractivity contribution is 8.14. The number of rotatable bonds is 7. The first-order valence-corrected chi connectivity index (χ1v) is 11.0. The maximum atomic E-state index is 11.5. The van der Waals surface area contributed by atoms with Crippen molar-refractivity contribution < 1.29 is 14.3 Å². The summed E-state index contributed by atoms with van der Waals surface area (Å²) < 4.78 is 10.6. The summed E-state index contributed by atoms with van der Waals surface area (Å²) in [6.07, 6.45) is 5.33. The molecule has 0 radical (unpaired) electrons. The molecule has 7 heteroatoms. The molecule has 1 aliphatic heterocycles. The van der Waals surface area contributed by atoms with Crippen molar-refractivity contribution in [3.05, 3.63) is 23.9 Å². The Balaban J connectivity index is 1.63. The predicted molar refractivity (Wildman–Crippen MR) is 115 cm³/mol. The average molecular weight is 402 g/mol. The molecule has 1 fully saturated rings. The van der Waals surface area contributed by atoms with Gasteiger partial charge in [-0.1, -0.05) is 12.8 Å². The van der Waals surface area contributed by atoms with E-state index in [0.29, 0.717) is 19.1 Å². The fourth-order valence-corrected chi connectivity index (χ4v) is 4.96. The Morgan fingerprint density at radius 3 is 2.89 bits per heavy atom. The third kappa shape index (κ3) is 4.14. The number of thioether (sulfide) groups is 1. The number of benzene rings is 1. The molecule has 0 spiro atoms. The number of anilines is 1. The van der Waals surface area contributed by atoms with Crippen LogP contribution in [0.1, 0.15) is 44.7 Å². The normalized spacial score (nSPS) is 19.8. The Hall–Kier alpha value is -2.15. The number of aliphatic imine (C=N–C) groups is 1. The van der Waals surface area contributed by atoms with Crippen LogP contribution in [0.3, 0.4) is 0 Å². The molecular weight excluding hydrogens is 374 g/mol. The minimum absolute atomic E-state index is 0.0195. The number of nitrogens with zero attached hydrogens (tertiary/aromatic N) is 1. The molecule has 1 saturated carbocycles. The van der Waals surface area contributed by atoms with E-state index in [1.807, 2.05) is 6.92 Å². The molecule has 150 valence electrons. The predicted octanol–water partition coefficient (Wildman–Crippen LogP) is 4.35. The highest BCUT2D eigenvalue weighted by atomic mass is 32.2. The highest BCUT2D eigenvalue weighted by Crippen LogP contribution is 2.34. The van der Waals surface area contributed by atoms with E-state index in [0.717, 1.165) is 38.8 Å². The number of aromatic nitrogens is 1. The van der Waals surface area contributed by atoms with Crippen LogP contribution in [0, 0.1) is 0 Å². The van der Waals surface area contributed by atoms with Gasteiger partial charge in [0.15, 0.2) is 0 Å². The number of fused-ring (bicyclic) bond motifs is 1. The number of hydrogen-bond donors (Lipinski definition) is 2. The zero-order valence-electron chi connectivity index (χ0n) is 16.4. The number of esters is 1. The van der Waals surface area contributed by atoms with Crippen molar-refractivity contribution in [1.82, 2.24) is 4.98 Å². The van der Waals surface area contributed by atoms with Gasteiger partial charge < -0.3 is 19.8 Å². The first-order valence-electron chi connectivity index (χ1n) is 10.00. The third-order valence-corrected chi connectivity index (χ3v) is 6.45. The summed E-state index contributed by atoms with van der Waals surface area (Å²) in [5, 5.41) is 5.78. The summed E-state index contributed by atoms with van der Waals surface area (Å²) in [5.41, 5.74) is 3.18. The van der Waals surface area contributed by atoms with E-state index in [1.54, 1.807) is 11.8 Å². The molecule has 0 saturated heterocycles. The largest absolute Gasteiger partial charge is 0.494 e. The minimum Gasteiger partial charge on any atom is -0.494 e. The molecule has 0 bridgehead atoms. The lowest BCUT2D eigenvalue weighted by atomic mass is 10.1. The Kier molecular flexibility index (Phi) is 5.80. The Morgan fingerprint density at radius 2 is 2.14 bits per heavy atom. The Labute approximate surface area is 169 Å². The van der Waals surface area contributed by atoms with Gasteiger partial charge in [-0.15, -0.1) is 11.8 Å². The molecule has 2 N–H and O–H groups in total. The van der Waals surface area contributed by atoms with Crippen LogP contribution in [0.15, 0.2) is 23.2 Å². The number of aromatic amines is 1. The molecule has 1 aromatic heterocycles. The maximum absolute atomic E-state index is 11.5. The van der Waals surface area contributed by atoms with Crippen molar-refractivity contribution in [2.75, 3.05) is 24.8 Å². The zero-order chi connectivity index (χ0) is 19.5. The molecule has 2 aromatic rings. The summed E-state index contributed by atoms with van der Waals surface area (Å²) in [6, 6.07) is 6.80. The number of carbonyl (C=O) groups excluding carboxylic acids is 1. The number of nitrogens with one attached hydrogen (secondary N) is 2. The van der Waals surface area contributed by atoms with Gasteiger partial charge in [-0.05, 0) is 31.9 Å². The van der Waals surface area contributed by atoms with Crippen molar-refractivity contribution in [3.8, 4) is 5.75 Å². The lowest BCUT2D eigenvalue weighted by Crippen LogP contribution is -2.14. The van der Waals surface area contributed by atoms with Gasteiger partial charge in [0.2, 0.25) is 0 Å². The van der Waals surface area contributed by atoms with Gasteiger partial charge in [-0.2, -0.15) is 0 Å². The number of hydrogen-bond acceptors (Lipinski definition) is 6. The van der Waals surface area contributed by atoms with Crippen molar-refractivity contribution >= 4 is 39.4 Å². The molecule has 1 aromatic carbocycles. The second-order valence-electron chi connectivity index (χ2n) is 7.36. The highest BCUT2D eigenvalue weighted by Gasteiger charge is 2.24. The number of carbonyl (C=O) groups is 1. The SMILES string of the molecule is CCOc1cc(NC2CCCC2)c2[nH]c(C3=NC(CC(=O)OC)CS3)cc2c1. The molecule has 28 heavy (non-hydrogen) atoms. The molecular formula is C21H27N3O3S. The van der Waals surface area contributed by atoms with Gasteiger partial charge in [-0.3, -0.25) is 9.79 Å². The van der Waals surface area contributed by atoms with Gasteiger partial charge in [-0.25, -0.2) is 0 Å². The van der Waals surface area contributed by atoms with Crippen LogP contribution < -0.4 is 10.1 Å². The average Bonchev–Trinajstić information content (AvgIpc) is 3.42. The van der Waals surface area contributed by atoms with E-state index in [4.69, 9.17) is 14.5 Å². The van der Waals surface area contributed by atoms with Crippen molar-refractivity contribution in [1.29, 1.82) is 0 Å². The number of ether oxygens (including phenoxy) is 2. The van der Waals surface area contributed by atoms with Crippen molar-refractivity contribution in [3.63, 3.8) is 0 Å². The quantitative estimate of drug-likeness (QED) is 0.675. The second-order valence-corrected chi connectivity index (χ2v) is 8.36. The minimum atomic E-state index is -0.211. The fraction of sp³-hybridized carbons (Fsp3) is 0.524. The van der Waals surface area contributed by atoms with Crippen molar-refractivity contribution in [2.24, 2.45) is 4.99 Å². The summed E-state index contributed by atoms with van der Waals surface area (Å²) in [7, 11) is 1.42. The second kappa shape index (κ2) is 8.47. The van der Waals surface area contributed by atoms with Gasteiger partial charge in [0.25, 0.3) is 0 Å². The van der Waals surface area contributed by atoms with Gasteiger partial charge in [0, 0.05) is 23.2 Å². The van der Waals surface area contributed by atoms with Gasteiger partial charge in [0.05, 0.1) is 43.1 Å². The number of methoxy groups -OCH3 is 1. The molecule has 1 atom stereocenters. The van der Waals surface area contributed by atoms with E-state index < -0.39 is 0 Å². The summed E-state index contributed by atoms with van der Waals surface area (Å²) in [5.74, 6) is 1.47. The maximum Gasteiger partial charge on any atom is 0.307 e. The van der Waals surface area contributed by atoms with E-state index in [9.17, 15) is 4.79 Å². The molecule has 4 rings (SSSR count). The number of H-pyrrole nitrogens is 1. The van der Waals surface area contributed by atoms with Crippen LogP contribution in [0.2, 0.25) is 0 Å². The van der Waals surface area contributed by atoms with Crippen molar-refractivity contribution in [2.45, 2.75) is 51.1 Å². The first kappa shape index (κ1) is 19.2. The summed E-state index contributed by atoms with van der Waals surface area (Å²) in [6.45, 7) is 2.64. The van der Waals surface area contributed by atoms with E-state index in [-0.39, 0.29) is 12.0 Å². The molecule has 1 unspecified atom stereocenters. The van der Waals surface area contributed by atoms with E-state index in [1.165, 1.54) is 32.8 Å². The van der Waals surface area contributed by atoms with Crippen LogP contribution in [0.4, 0.5) is 5.69 Å². The molecule has 0 amide bonds. The molecule has 1 aliphatic carbocycles. The standard InChI is InChI=1S/C21H27N3O3S/c1-3-27-16-8-13-9-18(21-23-15(12-28-21)10-19(25)26-2)24-20(13)17(11-16)22-14-6-4-5-7-14/h8-9,11,14-15,22,24H,3-7,10,12H2,1-2H3. The monoisotopic (exact) mass is 401 g/mol. The van der Waals surface area contributed by atoms with Crippen LogP contribution in [-0.2, 0) is 9.53 Å². The first-order chi connectivity index (χ1) is 13.7. The van der Waals surface area contributed by atoms with E-state index in [2.05, 4.69) is 28.5 Å². The third-order valence-electron chi connectivity index (χ3n) is 5.30. The molecule has 2 heterocycles. The zero-order valence-corrected chi connectivity index (χ0v) is 17.2. The van der Waals surface area contributed by atoms with Gasteiger partial charge in [0.1, 0.15) is 10.8 Å². The fourth-order valence-electron chi connectivity index (χ4n) is 3.93. The topological polar surface area (TPSA) is 75.7 Å². The van der Waals surface area contributed by atoms with Crippen LogP contribution in [0.5, 0.6) is 5.75 Å². The van der Waals surface area contributed by atoms with Crippen LogP contribution in [-0.4, -0.2) is 47.6 Å². The smallest absolute Gasteiger partial charge is 0.307 e. The molecule has 2 aliphatic rings. The summed E-state index contributed by atoms with van der Waals surface area (Å²) in [4.78, 5) is 19.8. The van der Waals surface area contributed by atoms with Crippen LogP contribution in [0.25, 0.3) is 10.9 Å².